The van der Waals surface area contributed by atoms with Crippen LogP contribution in [0, 0.1) is 0 Å². The summed E-state index contributed by atoms with van der Waals surface area (Å²) in [6, 6.07) is -0.734. The lowest BCUT2D eigenvalue weighted by molar-refractivity contribution is -0.146. The first-order valence-corrected chi connectivity index (χ1v) is 4.54. The van der Waals surface area contributed by atoms with E-state index in [4.69, 9.17) is 5.11 Å². The van der Waals surface area contributed by atoms with E-state index in [2.05, 4.69) is 0 Å². The molecule has 0 aliphatic carbocycles. The van der Waals surface area contributed by atoms with E-state index in [-0.39, 0.29) is 31.1 Å². The molecule has 0 radical (unpaired) electrons. The fraction of sp³-hybridized carbons (Fsp3) is 0.667. The fourth-order valence-electron chi connectivity index (χ4n) is 1.55. The van der Waals surface area contributed by atoms with Gasteiger partial charge in [-0.2, -0.15) is 0 Å². The monoisotopic (exact) mass is 199 g/mol. The minimum Gasteiger partial charge on any atom is -0.480 e. The first-order chi connectivity index (χ1) is 6.52. The van der Waals surface area contributed by atoms with Crippen molar-refractivity contribution in [3.8, 4) is 0 Å². The van der Waals surface area contributed by atoms with Gasteiger partial charge in [0, 0.05) is 19.4 Å². The van der Waals surface area contributed by atoms with Gasteiger partial charge >= 0.3 is 5.97 Å². The summed E-state index contributed by atoms with van der Waals surface area (Å²) >= 11 is 0. The third-order valence-corrected chi connectivity index (χ3v) is 2.32. The van der Waals surface area contributed by atoms with Gasteiger partial charge in [0.15, 0.2) is 0 Å². The molecule has 0 saturated carbocycles. The van der Waals surface area contributed by atoms with Crippen LogP contribution in [0.2, 0.25) is 0 Å². The SMILES string of the molecule is CC(=O)CCN1C(=O)CC[C@H]1C(=O)O. The first kappa shape index (κ1) is 10.7. The summed E-state index contributed by atoms with van der Waals surface area (Å²) in [5.41, 5.74) is 0. The summed E-state index contributed by atoms with van der Waals surface area (Å²) in [6.45, 7) is 1.65. The van der Waals surface area contributed by atoms with E-state index in [0.717, 1.165) is 0 Å². The molecule has 0 unspecified atom stereocenters. The Bertz CT molecular complexity index is 274. The van der Waals surface area contributed by atoms with Crippen molar-refractivity contribution < 1.29 is 19.5 Å². The lowest BCUT2D eigenvalue weighted by atomic mass is 10.2. The summed E-state index contributed by atoms with van der Waals surface area (Å²) in [4.78, 5) is 34.0. The second-order valence-corrected chi connectivity index (χ2v) is 3.43. The second-order valence-electron chi connectivity index (χ2n) is 3.43. The summed E-state index contributed by atoms with van der Waals surface area (Å²) in [5.74, 6) is -1.19. The highest BCUT2D eigenvalue weighted by molar-refractivity contribution is 5.87. The third kappa shape index (κ3) is 2.31. The maximum atomic E-state index is 11.3. The van der Waals surface area contributed by atoms with Crippen LogP contribution in [0.1, 0.15) is 26.2 Å². The van der Waals surface area contributed by atoms with Crippen molar-refractivity contribution in [1.29, 1.82) is 0 Å². The molecule has 0 spiro atoms. The highest BCUT2D eigenvalue weighted by Crippen LogP contribution is 2.18. The average molecular weight is 199 g/mol. The number of ketones is 1. The summed E-state index contributed by atoms with van der Waals surface area (Å²) < 4.78 is 0. The molecule has 0 aromatic heterocycles. The Morgan fingerprint density at radius 1 is 1.57 bits per heavy atom. The Balaban J connectivity index is 2.58. The summed E-state index contributed by atoms with van der Waals surface area (Å²) in [5, 5.41) is 8.79. The zero-order valence-corrected chi connectivity index (χ0v) is 8.02. The lowest BCUT2D eigenvalue weighted by Gasteiger charge is -2.20. The molecule has 1 saturated heterocycles. The zero-order valence-electron chi connectivity index (χ0n) is 8.02. The molecule has 1 atom stereocenters. The van der Waals surface area contributed by atoms with Crippen LogP contribution in [0.4, 0.5) is 0 Å². The number of carboxylic acids is 1. The maximum absolute atomic E-state index is 11.3. The van der Waals surface area contributed by atoms with Gasteiger partial charge in [-0.25, -0.2) is 4.79 Å². The van der Waals surface area contributed by atoms with E-state index >= 15 is 0 Å². The predicted octanol–water partition coefficient (Wildman–Crippen LogP) is 0.0411. The molecule has 14 heavy (non-hydrogen) atoms. The molecule has 1 heterocycles. The number of rotatable bonds is 4. The van der Waals surface area contributed by atoms with Crippen LogP contribution >= 0.6 is 0 Å². The normalized spacial score (nSPS) is 21.4. The molecule has 1 rings (SSSR count). The highest BCUT2D eigenvalue weighted by Gasteiger charge is 2.35. The van der Waals surface area contributed by atoms with Crippen molar-refractivity contribution in [3.63, 3.8) is 0 Å². The van der Waals surface area contributed by atoms with Crippen LogP contribution < -0.4 is 0 Å². The third-order valence-electron chi connectivity index (χ3n) is 2.32. The molecule has 1 aliphatic heterocycles. The number of carbonyl (C=O) groups excluding carboxylic acids is 2. The Kier molecular flexibility index (Phi) is 3.22. The standard InChI is InChI=1S/C9H13NO4/c1-6(11)4-5-10-7(9(13)14)2-3-8(10)12/h7H,2-5H2,1H3,(H,13,14)/t7-/m0/s1. The van der Waals surface area contributed by atoms with Crippen molar-refractivity contribution in [2.75, 3.05) is 6.54 Å². The van der Waals surface area contributed by atoms with Crippen LogP contribution in [0.25, 0.3) is 0 Å². The van der Waals surface area contributed by atoms with Crippen molar-refractivity contribution in [1.82, 2.24) is 4.90 Å². The molecular formula is C9H13NO4. The van der Waals surface area contributed by atoms with Crippen LogP contribution in [-0.4, -0.2) is 40.3 Å². The Hall–Kier alpha value is -1.39. The van der Waals surface area contributed by atoms with E-state index < -0.39 is 12.0 Å². The van der Waals surface area contributed by atoms with E-state index in [9.17, 15) is 14.4 Å². The molecule has 5 nitrogen and oxygen atoms in total. The van der Waals surface area contributed by atoms with Crippen molar-refractivity contribution in [2.45, 2.75) is 32.2 Å². The van der Waals surface area contributed by atoms with E-state index in [1.54, 1.807) is 0 Å². The molecule has 1 fully saturated rings. The number of carbonyl (C=O) groups is 3. The maximum Gasteiger partial charge on any atom is 0.326 e. The molecule has 0 aromatic rings. The number of amides is 1. The topological polar surface area (TPSA) is 74.7 Å². The first-order valence-electron chi connectivity index (χ1n) is 4.54. The molecular weight excluding hydrogens is 186 g/mol. The Morgan fingerprint density at radius 2 is 2.21 bits per heavy atom. The van der Waals surface area contributed by atoms with Gasteiger partial charge in [0.05, 0.1) is 0 Å². The molecule has 1 amide bonds. The van der Waals surface area contributed by atoms with Gasteiger partial charge in [0.25, 0.3) is 0 Å². The predicted molar refractivity (Wildman–Crippen MR) is 47.7 cm³/mol. The van der Waals surface area contributed by atoms with Crippen LogP contribution in [-0.2, 0) is 14.4 Å². The molecule has 1 aliphatic rings. The molecule has 0 bridgehead atoms. The van der Waals surface area contributed by atoms with Crippen molar-refractivity contribution in [2.24, 2.45) is 0 Å². The second kappa shape index (κ2) is 4.21. The van der Waals surface area contributed by atoms with Gasteiger partial charge in [0.1, 0.15) is 11.8 Å². The van der Waals surface area contributed by atoms with Gasteiger partial charge in [0.2, 0.25) is 5.91 Å². The van der Waals surface area contributed by atoms with Gasteiger partial charge in [-0.3, -0.25) is 9.59 Å². The van der Waals surface area contributed by atoms with E-state index in [1.807, 2.05) is 0 Å². The minimum absolute atomic E-state index is 0.0335. The fourth-order valence-corrected chi connectivity index (χ4v) is 1.55. The van der Waals surface area contributed by atoms with Gasteiger partial charge in [-0.15, -0.1) is 0 Å². The average Bonchev–Trinajstić information content (AvgIpc) is 2.43. The van der Waals surface area contributed by atoms with Crippen molar-refractivity contribution in [3.05, 3.63) is 0 Å². The van der Waals surface area contributed by atoms with Crippen molar-refractivity contribution >= 4 is 17.7 Å². The van der Waals surface area contributed by atoms with Gasteiger partial charge < -0.3 is 10.0 Å². The molecule has 0 aromatic carbocycles. The van der Waals surface area contributed by atoms with Gasteiger partial charge in [-0.1, -0.05) is 0 Å². The summed E-state index contributed by atoms with van der Waals surface area (Å²) in [7, 11) is 0. The number of aliphatic carboxylic acids is 1. The number of carboxylic acid groups (broad SMARTS) is 1. The molecule has 1 N–H and O–H groups in total. The minimum atomic E-state index is -0.987. The Labute approximate surface area is 81.7 Å². The largest absolute Gasteiger partial charge is 0.480 e. The number of Topliss-reactive ketones (excluding diaryl/α,β-unsaturated/α-hetero) is 1. The summed E-state index contributed by atoms with van der Waals surface area (Å²) in [6.07, 6.45) is 0.858. The van der Waals surface area contributed by atoms with Crippen LogP contribution in [0.15, 0.2) is 0 Å². The number of hydrogen-bond acceptors (Lipinski definition) is 3. The smallest absolute Gasteiger partial charge is 0.326 e. The Morgan fingerprint density at radius 3 is 2.71 bits per heavy atom. The van der Waals surface area contributed by atoms with E-state index in [0.29, 0.717) is 6.42 Å². The van der Waals surface area contributed by atoms with E-state index in [1.165, 1.54) is 11.8 Å². The van der Waals surface area contributed by atoms with Crippen LogP contribution in [0.5, 0.6) is 0 Å². The number of likely N-dealkylation sites (tertiary alicyclic amines) is 1. The quantitative estimate of drug-likeness (QED) is 0.693. The molecule has 5 heteroatoms. The van der Waals surface area contributed by atoms with Crippen LogP contribution in [0.3, 0.4) is 0 Å². The number of nitrogens with zero attached hydrogens (tertiary/aromatic N) is 1. The number of hydrogen-bond donors (Lipinski definition) is 1. The highest BCUT2D eigenvalue weighted by atomic mass is 16.4. The van der Waals surface area contributed by atoms with Gasteiger partial charge in [-0.05, 0) is 13.3 Å². The lowest BCUT2D eigenvalue weighted by Crippen LogP contribution is -2.39. The zero-order chi connectivity index (χ0) is 10.7. The molecule has 78 valence electrons.